The van der Waals surface area contributed by atoms with E-state index in [0.29, 0.717) is 32.5 Å². The van der Waals surface area contributed by atoms with Crippen LogP contribution in [0.4, 0.5) is 0 Å². The van der Waals surface area contributed by atoms with Gasteiger partial charge in [0.25, 0.3) is 0 Å². The van der Waals surface area contributed by atoms with E-state index in [9.17, 15) is 10.1 Å². The molecule has 0 radical (unpaired) electrons. The van der Waals surface area contributed by atoms with Crippen LogP contribution in [0.1, 0.15) is 43.8 Å². The quantitative estimate of drug-likeness (QED) is 0.787. The number of carbonyl (C=O) groups excluding carboxylic acids is 1. The van der Waals surface area contributed by atoms with Crippen molar-refractivity contribution in [2.45, 2.75) is 38.2 Å². The molecule has 1 unspecified atom stereocenters. The van der Waals surface area contributed by atoms with Crippen molar-refractivity contribution in [1.82, 2.24) is 4.90 Å². The highest BCUT2D eigenvalue weighted by atomic mass is 79.9. The Morgan fingerprint density at radius 3 is 2.61 bits per heavy atom. The van der Waals surface area contributed by atoms with Crippen LogP contribution in [-0.2, 0) is 9.53 Å². The molecule has 122 valence electrons. The van der Waals surface area contributed by atoms with Crippen molar-refractivity contribution in [3.05, 3.63) is 34.3 Å². The van der Waals surface area contributed by atoms with E-state index in [1.54, 1.807) is 0 Å². The lowest BCUT2D eigenvalue weighted by atomic mass is 9.74. The minimum absolute atomic E-state index is 0.00473. The number of carbonyl (C=O) groups is 1. The van der Waals surface area contributed by atoms with E-state index in [1.807, 2.05) is 29.2 Å². The maximum atomic E-state index is 13.0. The number of nitriles is 1. The van der Waals surface area contributed by atoms with E-state index in [0.717, 1.165) is 29.3 Å². The van der Waals surface area contributed by atoms with Crippen LogP contribution in [0.2, 0.25) is 0 Å². The van der Waals surface area contributed by atoms with Gasteiger partial charge in [-0.2, -0.15) is 5.26 Å². The zero-order chi connectivity index (χ0) is 16.3. The number of hydrogen-bond acceptors (Lipinski definition) is 3. The van der Waals surface area contributed by atoms with Gasteiger partial charge in [-0.15, -0.1) is 0 Å². The molecule has 1 aromatic rings. The summed E-state index contributed by atoms with van der Waals surface area (Å²) in [6.07, 6.45) is 4.35. The molecule has 1 aliphatic heterocycles. The summed E-state index contributed by atoms with van der Waals surface area (Å²) in [5, 5.41) is 9.62. The molecule has 4 nitrogen and oxygen atoms in total. The molecule has 0 N–H and O–H groups in total. The van der Waals surface area contributed by atoms with Crippen LogP contribution in [0.5, 0.6) is 0 Å². The summed E-state index contributed by atoms with van der Waals surface area (Å²) in [5.74, 6) is 0.00473. The predicted octanol–water partition coefficient (Wildman–Crippen LogP) is 3.82. The number of morpholine rings is 1. The highest BCUT2D eigenvalue weighted by Crippen LogP contribution is 2.38. The maximum absolute atomic E-state index is 13.0. The van der Waals surface area contributed by atoms with E-state index in [2.05, 4.69) is 22.0 Å². The molecule has 0 aromatic heterocycles. The first-order chi connectivity index (χ1) is 11.1. The van der Waals surface area contributed by atoms with E-state index < -0.39 is 5.41 Å². The van der Waals surface area contributed by atoms with Gasteiger partial charge in [0, 0.05) is 11.0 Å². The number of halogens is 1. The molecule has 1 amide bonds. The second-order valence-corrected chi connectivity index (χ2v) is 7.33. The van der Waals surface area contributed by atoms with Crippen LogP contribution in [0.3, 0.4) is 0 Å². The Morgan fingerprint density at radius 2 is 1.96 bits per heavy atom. The van der Waals surface area contributed by atoms with Crippen molar-refractivity contribution in [3.63, 3.8) is 0 Å². The van der Waals surface area contributed by atoms with Crippen LogP contribution in [0.25, 0.3) is 0 Å². The molecule has 5 heteroatoms. The SMILES string of the molecule is N#CC1(C(=O)N2CCOC(c3ccc(Br)cc3)C2)CCCCC1. The fourth-order valence-electron chi connectivity index (χ4n) is 3.54. The normalized spacial score (nSPS) is 24.0. The third-order valence-corrected chi connectivity index (χ3v) is 5.45. The summed E-state index contributed by atoms with van der Waals surface area (Å²) in [6, 6.07) is 10.3. The summed E-state index contributed by atoms with van der Waals surface area (Å²) in [7, 11) is 0. The first-order valence-electron chi connectivity index (χ1n) is 8.22. The minimum Gasteiger partial charge on any atom is -0.370 e. The lowest BCUT2D eigenvalue weighted by Crippen LogP contribution is -2.49. The third kappa shape index (κ3) is 3.44. The third-order valence-electron chi connectivity index (χ3n) is 4.93. The molecule has 2 fully saturated rings. The number of hydrogen-bond donors (Lipinski definition) is 0. The van der Waals surface area contributed by atoms with Gasteiger partial charge in [0.15, 0.2) is 0 Å². The van der Waals surface area contributed by atoms with Crippen LogP contribution < -0.4 is 0 Å². The molecular formula is C18H21BrN2O2. The molecule has 1 aliphatic carbocycles. The molecule has 3 rings (SSSR count). The monoisotopic (exact) mass is 376 g/mol. The molecule has 1 saturated carbocycles. The van der Waals surface area contributed by atoms with E-state index in [-0.39, 0.29) is 12.0 Å². The maximum Gasteiger partial charge on any atom is 0.243 e. The largest absolute Gasteiger partial charge is 0.370 e. The summed E-state index contributed by atoms with van der Waals surface area (Å²) in [5.41, 5.74) is 0.264. The lowest BCUT2D eigenvalue weighted by Gasteiger charge is -2.39. The summed E-state index contributed by atoms with van der Waals surface area (Å²) >= 11 is 3.43. The highest BCUT2D eigenvalue weighted by Gasteiger charge is 2.43. The Kier molecular flexibility index (Phi) is 5.03. The average molecular weight is 377 g/mol. The summed E-state index contributed by atoms with van der Waals surface area (Å²) < 4.78 is 6.87. The smallest absolute Gasteiger partial charge is 0.243 e. The zero-order valence-corrected chi connectivity index (χ0v) is 14.7. The van der Waals surface area contributed by atoms with Crippen molar-refractivity contribution in [2.75, 3.05) is 19.7 Å². The molecule has 1 aromatic carbocycles. The van der Waals surface area contributed by atoms with Crippen molar-refractivity contribution in [1.29, 1.82) is 5.26 Å². The van der Waals surface area contributed by atoms with Gasteiger partial charge in [0.2, 0.25) is 5.91 Å². The van der Waals surface area contributed by atoms with Gasteiger partial charge in [-0.3, -0.25) is 4.79 Å². The summed E-state index contributed by atoms with van der Waals surface area (Å²) in [4.78, 5) is 14.8. The Bertz CT molecular complexity index is 602. The van der Waals surface area contributed by atoms with E-state index in [1.165, 1.54) is 0 Å². The van der Waals surface area contributed by atoms with Crippen molar-refractivity contribution in [2.24, 2.45) is 5.41 Å². The molecule has 0 spiro atoms. The Balaban J connectivity index is 1.74. The average Bonchev–Trinajstić information content (AvgIpc) is 2.62. The molecule has 23 heavy (non-hydrogen) atoms. The number of nitrogens with zero attached hydrogens (tertiary/aromatic N) is 2. The Hall–Kier alpha value is -1.38. The minimum atomic E-state index is -0.806. The topological polar surface area (TPSA) is 53.3 Å². The lowest BCUT2D eigenvalue weighted by molar-refractivity contribution is -0.148. The standard InChI is InChI=1S/C18H21BrN2O2/c19-15-6-4-14(5-7-15)16-12-21(10-11-23-16)17(22)18(13-20)8-2-1-3-9-18/h4-7,16H,1-3,8-12H2. The van der Waals surface area contributed by atoms with Crippen molar-refractivity contribution in [3.8, 4) is 6.07 Å². The van der Waals surface area contributed by atoms with Gasteiger partial charge in [-0.1, -0.05) is 47.3 Å². The van der Waals surface area contributed by atoms with E-state index in [4.69, 9.17) is 4.74 Å². The summed E-state index contributed by atoms with van der Waals surface area (Å²) in [6.45, 7) is 1.63. The number of ether oxygens (including phenoxy) is 1. The molecule has 2 aliphatic rings. The van der Waals surface area contributed by atoms with Gasteiger partial charge in [0.1, 0.15) is 11.5 Å². The molecule has 1 atom stereocenters. The van der Waals surface area contributed by atoms with Gasteiger partial charge in [-0.25, -0.2) is 0 Å². The number of amides is 1. The van der Waals surface area contributed by atoms with E-state index >= 15 is 0 Å². The predicted molar refractivity (Wildman–Crippen MR) is 90.5 cm³/mol. The molecular weight excluding hydrogens is 356 g/mol. The second-order valence-electron chi connectivity index (χ2n) is 6.42. The van der Waals surface area contributed by atoms with Gasteiger partial charge in [0.05, 0.1) is 19.2 Å². The molecule has 0 bridgehead atoms. The fraction of sp³-hybridized carbons (Fsp3) is 0.556. The highest BCUT2D eigenvalue weighted by molar-refractivity contribution is 9.10. The first kappa shape index (κ1) is 16.5. The Labute approximate surface area is 145 Å². The van der Waals surface area contributed by atoms with Crippen LogP contribution >= 0.6 is 15.9 Å². The van der Waals surface area contributed by atoms with Crippen LogP contribution in [-0.4, -0.2) is 30.5 Å². The van der Waals surface area contributed by atoms with Crippen LogP contribution in [0, 0.1) is 16.7 Å². The van der Waals surface area contributed by atoms with Gasteiger partial charge in [-0.05, 0) is 30.5 Å². The number of rotatable bonds is 2. The fourth-order valence-corrected chi connectivity index (χ4v) is 3.81. The van der Waals surface area contributed by atoms with Crippen LogP contribution in [0.15, 0.2) is 28.7 Å². The first-order valence-corrected chi connectivity index (χ1v) is 9.02. The van der Waals surface area contributed by atoms with Crippen molar-refractivity contribution < 1.29 is 9.53 Å². The zero-order valence-electron chi connectivity index (χ0n) is 13.1. The number of benzene rings is 1. The van der Waals surface area contributed by atoms with Crippen molar-refractivity contribution >= 4 is 21.8 Å². The van der Waals surface area contributed by atoms with Gasteiger partial charge < -0.3 is 9.64 Å². The Morgan fingerprint density at radius 1 is 1.26 bits per heavy atom. The molecule has 1 heterocycles. The second kappa shape index (κ2) is 7.02. The molecule has 1 saturated heterocycles. The van der Waals surface area contributed by atoms with Gasteiger partial charge >= 0.3 is 0 Å².